The summed E-state index contributed by atoms with van der Waals surface area (Å²) >= 11 is 0. The summed E-state index contributed by atoms with van der Waals surface area (Å²) in [4.78, 5) is 0. The Balaban J connectivity index is 1.78. The molecule has 0 radical (unpaired) electrons. The third-order valence-electron chi connectivity index (χ3n) is 3.83. The summed E-state index contributed by atoms with van der Waals surface area (Å²) < 4.78 is 0. The molecule has 0 aliphatic heterocycles. The second-order valence-electron chi connectivity index (χ2n) is 4.96. The van der Waals surface area contributed by atoms with E-state index in [1.54, 1.807) is 0 Å². The van der Waals surface area contributed by atoms with Gasteiger partial charge in [-0.25, -0.2) is 0 Å². The third-order valence-corrected chi connectivity index (χ3v) is 3.83. The van der Waals surface area contributed by atoms with Crippen molar-refractivity contribution < 1.29 is 5.11 Å². The number of benzene rings is 1. The van der Waals surface area contributed by atoms with Crippen LogP contribution in [-0.4, -0.2) is 18.3 Å². The van der Waals surface area contributed by atoms with Gasteiger partial charge in [0.1, 0.15) is 0 Å². The fourth-order valence-electron chi connectivity index (χ4n) is 2.71. The minimum absolute atomic E-state index is 0.333. The van der Waals surface area contributed by atoms with Crippen LogP contribution < -0.4 is 11.1 Å². The molecular formula is C14H22N2O. The van der Waals surface area contributed by atoms with Gasteiger partial charge in [0.2, 0.25) is 0 Å². The number of hydrogen-bond donors (Lipinski definition) is 3. The predicted octanol–water partition coefficient (Wildman–Crippen LogP) is 1.77. The summed E-state index contributed by atoms with van der Waals surface area (Å²) in [7, 11) is 0. The van der Waals surface area contributed by atoms with Gasteiger partial charge in [0.15, 0.2) is 0 Å². The monoisotopic (exact) mass is 234 g/mol. The van der Waals surface area contributed by atoms with Gasteiger partial charge in [-0.1, -0.05) is 24.6 Å². The molecular weight excluding hydrogens is 212 g/mol. The third kappa shape index (κ3) is 3.20. The number of aliphatic hydroxyl groups excluding tert-OH is 1. The van der Waals surface area contributed by atoms with Crippen LogP contribution >= 0.6 is 0 Å². The maximum atomic E-state index is 9.25. The molecule has 2 rings (SSSR count). The average Bonchev–Trinajstić information content (AvgIpc) is 2.79. The van der Waals surface area contributed by atoms with Crippen molar-refractivity contribution in [3.63, 3.8) is 0 Å². The molecule has 2 unspecified atom stereocenters. The highest BCUT2D eigenvalue weighted by Crippen LogP contribution is 2.30. The Morgan fingerprint density at radius 2 is 2.00 bits per heavy atom. The first-order valence-electron chi connectivity index (χ1n) is 6.46. The Bertz CT molecular complexity index is 354. The van der Waals surface area contributed by atoms with Crippen LogP contribution in [0.3, 0.4) is 0 Å². The first kappa shape index (κ1) is 12.4. The predicted molar refractivity (Wildman–Crippen MR) is 70.5 cm³/mol. The van der Waals surface area contributed by atoms with Crippen LogP contribution in [0.1, 0.15) is 24.8 Å². The molecule has 1 aromatic rings. The smallest absolute Gasteiger partial charge is 0.0462 e. The molecule has 1 saturated carbocycles. The molecule has 0 heterocycles. The van der Waals surface area contributed by atoms with E-state index in [1.165, 1.54) is 19.3 Å². The molecule has 1 aromatic carbocycles. The Hall–Kier alpha value is -1.06. The van der Waals surface area contributed by atoms with Gasteiger partial charge >= 0.3 is 0 Å². The van der Waals surface area contributed by atoms with Crippen LogP contribution in [0, 0.1) is 11.8 Å². The van der Waals surface area contributed by atoms with Gasteiger partial charge in [-0.2, -0.15) is 0 Å². The SMILES string of the molecule is Nc1ccccc1CNCC1CCCC1CO. The fourth-order valence-corrected chi connectivity index (χ4v) is 2.71. The van der Waals surface area contributed by atoms with Gasteiger partial charge in [-0.3, -0.25) is 0 Å². The fraction of sp³-hybridized carbons (Fsp3) is 0.571. The van der Waals surface area contributed by atoms with Gasteiger partial charge in [-0.15, -0.1) is 0 Å². The second kappa shape index (κ2) is 6.03. The highest BCUT2D eigenvalue weighted by atomic mass is 16.3. The van der Waals surface area contributed by atoms with E-state index >= 15 is 0 Å². The first-order valence-corrected chi connectivity index (χ1v) is 6.46. The summed E-state index contributed by atoms with van der Waals surface area (Å²) in [5.41, 5.74) is 7.90. The Kier molecular flexibility index (Phi) is 4.40. The minimum Gasteiger partial charge on any atom is -0.398 e. The molecule has 0 saturated heterocycles. The van der Waals surface area contributed by atoms with Crippen LogP contribution in [-0.2, 0) is 6.54 Å². The molecule has 4 N–H and O–H groups in total. The van der Waals surface area contributed by atoms with Crippen molar-refractivity contribution >= 4 is 5.69 Å². The van der Waals surface area contributed by atoms with E-state index < -0.39 is 0 Å². The lowest BCUT2D eigenvalue weighted by atomic mass is 9.97. The summed E-state index contributed by atoms with van der Waals surface area (Å²) in [5, 5.41) is 12.7. The van der Waals surface area contributed by atoms with Crippen LogP contribution in [0.2, 0.25) is 0 Å². The molecule has 0 spiro atoms. The number of anilines is 1. The van der Waals surface area contributed by atoms with Crippen molar-refractivity contribution in [3.05, 3.63) is 29.8 Å². The van der Waals surface area contributed by atoms with E-state index in [0.29, 0.717) is 18.4 Å². The minimum atomic E-state index is 0.333. The van der Waals surface area contributed by atoms with Crippen molar-refractivity contribution in [2.75, 3.05) is 18.9 Å². The van der Waals surface area contributed by atoms with Crippen molar-refractivity contribution in [2.24, 2.45) is 11.8 Å². The van der Waals surface area contributed by atoms with Gasteiger partial charge in [0, 0.05) is 18.8 Å². The molecule has 0 amide bonds. The van der Waals surface area contributed by atoms with Gasteiger partial charge in [0.25, 0.3) is 0 Å². The first-order chi connectivity index (χ1) is 8.31. The molecule has 1 aliphatic carbocycles. The maximum Gasteiger partial charge on any atom is 0.0462 e. The molecule has 94 valence electrons. The van der Waals surface area contributed by atoms with Crippen molar-refractivity contribution in [2.45, 2.75) is 25.8 Å². The average molecular weight is 234 g/mol. The molecule has 3 heteroatoms. The molecule has 0 bridgehead atoms. The Morgan fingerprint density at radius 3 is 2.76 bits per heavy atom. The highest BCUT2D eigenvalue weighted by Gasteiger charge is 2.25. The summed E-state index contributed by atoms with van der Waals surface area (Å²) in [6.07, 6.45) is 3.67. The van der Waals surface area contributed by atoms with E-state index in [1.807, 2.05) is 18.2 Å². The molecule has 3 nitrogen and oxygen atoms in total. The molecule has 17 heavy (non-hydrogen) atoms. The van der Waals surface area contributed by atoms with E-state index in [2.05, 4.69) is 11.4 Å². The Labute approximate surface area is 103 Å². The zero-order valence-corrected chi connectivity index (χ0v) is 10.2. The van der Waals surface area contributed by atoms with Crippen LogP contribution in [0.15, 0.2) is 24.3 Å². The number of rotatable bonds is 5. The van der Waals surface area contributed by atoms with Crippen LogP contribution in [0.25, 0.3) is 0 Å². The normalized spacial score (nSPS) is 24.1. The number of para-hydroxylation sites is 1. The Morgan fingerprint density at radius 1 is 1.24 bits per heavy atom. The van der Waals surface area contributed by atoms with Crippen molar-refractivity contribution in [1.29, 1.82) is 0 Å². The van der Waals surface area contributed by atoms with Gasteiger partial charge in [-0.05, 0) is 42.9 Å². The lowest BCUT2D eigenvalue weighted by Crippen LogP contribution is -2.26. The standard InChI is InChI=1S/C14H22N2O/c15-14-7-2-1-4-12(14)9-16-8-11-5-3-6-13(11)10-17/h1-2,4,7,11,13,16-17H,3,5-6,8-10,15H2. The lowest BCUT2D eigenvalue weighted by molar-refractivity contribution is 0.192. The van der Waals surface area contributed by atoms with E-state index in [4.69, 9.17) is 5.73 Å². The number of nitrogens with two attached hydrogens (primary N) is 1. The molecule has 1 fully saturated rings. The number of hydrogen-bond acceptors (Lipinski definition) is 3. The van der Waals surface area contributed by atoms with E-state index in [9.17, 15) is 5.11 Å². The summed E-state index contributed by atoms with van der Waals surface area (Å²) in [6, 6.07) is 7.96. The summed E-state index contributed by atoms with van der Waals surface area (Å²) in [6.45, 7) is 2.14. The van der Waals surface area contributed by atoms with E-state index in [-0.39, 0.29) is 0 Å². The van der Waals surface area contributed by atoms with E-state index in [0.717, 1.165) is 24.3 Å². The zero-order valence-electron chi connectivity index (χ0n) is 10.2. The van der Waals surface area contributed by atoms with Crippen LogP contribution in [0.5, 0.6) is 0 Å². The molecule has 0 aromatic heterocycles. The van der Waals surface area contributed by atoms with Crippen molar-refractivity contribution in [3.8, 4) is 0 Å². The number of nitrogens with one attached hydrogen (secondary N) is 1. The van der Waals surface area contributed by atoms with Gasteiger partial charge < -0.3 is 16.2 Å². The topological polar surface area (TPSA) is 58.3 Å². The maximum absolute atomic E-state index is 9.25. The summed E-state index contributed by atoms with van der Waals surface area (Å²) in [5.74, 6) is 1.13. The largest absolute Gasteiger partial charge is 0.398 e. The van der Waals surface area contributed by atoms with Crippen LogP contribution in [0.4, 0.5) is 5.69 Å². The van der Waals surface area contributed by atoms with Gasteiger partial charge in [0.05, 0.1) is 0 Å². The zero-order chi connectivity index (χ0) is 12.1. The van der Waals surface area contributed by atoms with Crippen molar-refractivity contribution in [1.82, 2.24) is 5.32 Å². The number of nitrogen functional groups attached to an aromatic ring is 1. The lowest BCUT2D eigenvalue weighted by Gasteiger charge is -2.18. The molecule has 1 aliphatic rings. The quantitative estimate of drug-likeness (QED) is 0.680. The molecule has 2 atom stereocenters. The highest BCUT2D eigenvalue weighted by molar-refractivity contribution is 5.46. The second-order valence-corrected chi connectivity index (χ2v) is 4.96. The number of aliphatic hydroxyl groups is 1.